The Morgan fingerprint density at radius 1 is 1.57 bits per heavy atom. The largest absolute Gasteiger partial charge is 0.466 e. The van der Waals surface area contributed by atoms with Gasteiger partial charge in [-0.25, -0.2) is 4.79 Å². The molecule has 0 spiro atoms. The highest BCUT2D eigenvalue weighted by molar-refractivity contribution is 5.93. The van der Waals surface area contributed by atoms with Gasteiger partial charge in [0.05, 0.1) is 7.11 Å². The van der Waals surface area contributed by atoms with Gasteiger partial charge in [-0.3, -0.25) is 4.79 Å². The molecule has 21 heavy (non-hydrogen) atoms. The molecule has 0 fully saturated rings. The summed E-state index contributed by atoms with van der Waals surface area (Å²) < 4.78 is 4.52. The van der Waals surface area contributed by atoms with E-state index in [9.17, 15) is 14.7 Å². The molecule has 0 aliphatic heterocycles. The van der Waals surface area contributed by atoms with Crippen molar-refractivity contribution in [3.05, 3.63) is 36.0 Å². The van der Waals surface area contributed by atoms with Crippen LogP contribution >= 0.6 is 0 Å². The summed E-state index contributed by atoms with van der Waals surface area (Å²) in [6, 6.07) is 0. The molecule has 0 bridgehead atoms. The van der Waals surface area contributed by atoms with Gasteiger partial charge in [0.25, 0.3) is 0 Å². The standard InChI is InChI=1S/C17H20O4/c1-6-16(4)11-14(18)10-13(3)17(16,20)8-7-12(2)9-15(19)21-5/h6,9-10,20H,1,11H2,2-5H3/b12-9-/t16-,17+/m0/s1. The molecule has 0 heterocycles. The lowest BCUT2D eigenvalue weighted by Crippen LogP contribution is -2.49. The minimum absolute atomic E-state index is 0.0665. The first-order valence-electron chi connectivity index (χ1n) is 6.55. The molecule has 4 heteroatoms. The van der Waals surface area contributed by atoms with E-state index in [1.54, 1.807) is 26.8 Å². The Hall–Kier alpha value is -2.12. The molecule has 0 aromatic rings. The Bertz CT molecular complexity index is 600. The molecule has 0 unspecified atom stereocenters. The fourth-order valence-electron chi connectivity index (χ4n) is 2.26. The lowest BCUT2D eigenvalue weighted by molar-refractivity contribution is -0.134. The topological polar surface area (TPSA) is 63.6 Å². The zero-order valence-corrected chi connectivity index (χ0v) is 12.8. The highest BCUT2D eigenvalue weighted by atomic mass is 16.5. The van der Waals surface area contributed by atoms with Gasteiger partial charge < -0.3 is 9.84 Å². The van der Waals surface area contributed by atoms with Crippen LogP contribution in [0.1, 0.15) is 27.2 Å². The fraction of sp³-hybridized carbons (Fsp3) is 0.412. The Morgan fingerprint density at radius 2 is 2.19 bits per heavy atom. The van der Waals surface area contributed by atoms with Crippen LogP contribution < -0.4 is 0 Å². The highest BCUT2D eigenvalue weighted by Crippen LogP contribution is 2.44. The number of carbonyl (C=O) groups is 2. The van der Waals surface area contributed by atoms with Crippen LogP contribution in [0.2, 0.25) is 0 Å². The number of rotatable bonds is 2. The third kappa shape index (κ3) is 3.32. The van der Waals surface area contributed by atoms with Gasteiger partial charge >= 0.3 is 5.97 Å². The average molecular weight is 288 g/mol. The molecule has 0 saturated carbocycles. The van der Waals surface area contributed by atoms with E-state index in [1.807, 2.05) is 0 Å². The van der Waals surface area contributed by atoms with E-state index in [0.29, 0.717) is 11.1 Å². The lowest BCUT2D eigenvalue weighted by Gasteiger charge is -2.42. The number of ketones is 1. The summed E-state index contributed by atoms with van der Waals surface area (Å²) in [5.74, 6) is 4.96. The summed E-state index contributed by atoms with van der Waals surface area (Å²) in [5, 5.41) is 10.9. The molecule has 1 rings (SSSR count). The van der Waals surface area contributed by atoms with Crippen molar-refractivity contribution < 1.29 is 19.4 Å². The van der Waals surface area contributed by atoms with Gasteiger partial charge in [-0.05, 0) is 25.5 Å². The normalized spacial score (nSPS) is 29.1. The predicted molar refractivity (Wildman–Crippen MR) is 80.2 cm³/mol. The Morgan fingerprint density at radius 3 is 2.71 bits per heavy atom. The summed E-state index contributed by atoms with van der Waals surface area (Å²) >= 11 is 0. The molecule has 0 amide bonds. The monoisotopic (exact) mass is 288 g/mol. The van der Waals surface area contributed by atoms with Gasteiger partial charge in [-0.1, -0.05) is 24.8 Å². The van der Waals surface area contributed by atoms with E-state index in [4.69, 9.17) is 0 Å². The number of hydrogen-bond acceptors (Lipinski definition) is 4. The predicted octanol–water partition coefficient (Wildman–Crippen LogP) is 1.95. The molecular formula is C17H20O4. The Balaban J connectivity index is 3.28. The maximum Gasteiger partial charge on any atom is 0.331 e. The first-order chi connectivity index (χ1) is 9.68. The molecule has 1 N–H and O–H groups in total. The third-order valence-corrected chi connectivity index (χ3v) is 3.74. The minimum atomic E-state index is -1.49. The summed E-state index contributed by atoms with van der Waals surface area (Å²) in [6.07, 6.45) is 4.34. The Kier molecular flexibility index (Phi) is 4.93. The van der Waals surface area contributed by atoms with Crippen LogP contribution in [0.25, 0.3) is 0 Å². The molecule has 4 nitrogen and oxygen atoms in total. The van der Waals surface area contributed by atoms with Gasteiger partial charge in [-0.2, -0.15) is 0 Å². The molecule has 0 aromatic heterocycles. The molecule has 2 atom stereocenters. The van der Waals surface area contributed by atoms with E-state index in [-0.39, 0.29) is 12.2 Å². The van der Waals surface area contributed by atoms with E-state index in [0.717, 1.165) is 0 Å². The van der Waals surface area contributed by atoms with Crippen LogP contribution in [-0.4, -0.2) is 29.6 Å². The van der Waals surface area contributed by atoms with Gasteiger partial charge in [0, 0.05) is 23.5 Å². The summed E-state index contributed by atoms with van der Waals surface area (Å²) in [4.78, 5) is 22.8. The van der Waals surface area contributed by atoms with Crippen molar-refractivity contribution in [1.82, 2.24) is 0 Å². The second-order valence-corrected chi connectivity index (χ2v) is 5.40. The minimum Gasteiger partial charge on any atom is -0.466 e. The number of carbonyl (C=O) groups excluding carboxylic acids is 2. The fourth-order valence-corrected chi connectivity index (χ4v) is 2.26. The number of hydrogen-bond donors (Lipinski definition) is 1. The van der Waals surface area contributed by atoms with E-state index >= 15 is 0 Å². The zero-order valence-electron chi connectivity index (χ0n) is 12.8. The van der Waals surface area contributed by atoms with Crippen molar-refractivity contribution in [3.63, 3.8) is 0 Å². The van der Waals surface area contributed by atoms with Gasteiger partial charge in [-0.15, -0.1) is 6.58 Å². The number of methoxy groups -OCH3 is 1. The zero-order chi connectivity index (χ0) is 16.3. The van der Waals surface area contributed by atoms with Crippen LogP contribution in [0, 0.1) is 17.3 Å². The first-order valence-corrected chi connectivity index (χ1v) is 6.55. The second kappa shape index (κ2) is 6.11. The Labute approximate surface area is 125 Å². The molecule has 0 saturated heterocycles. The maximum atomic E-state index is 11.7. The first kappa shape index (κ1) is 16.9. The van der Waals surface area contributed by atoms with Gasteiger partial charge in [0.1, 0.15) is 0 Å². The summed E-state index contributed by atoms with van der Waals surface area (Å²) in [5.41, 5.74) is -1.43. The number of aliphatic hydroxyl groups is 1. The number of allylic oxidation sites excluding steroid dienone is 2. The van der Waals surface area contributed by atoms with Crippen LogP contribution in [-0.2, 0) is 14.3 Å². The molecule has 1 aliphatic carbocycles. The van der Waals surface area contributed by atoms with Crippen molar-refractivity contribution in [1.29, 1.82) is 0 Å². The van der Waals surface area contributed by atoms with Crippen molar-refractivity contribution in [3.8, 4) is 11.8 Å². The maximum absolute atomic E-state index is 11.7. The smallest absolute Gasteiger partial charge is 0.331 e. The summed E-state index contributed by atoms with van der Waals surface area (Å²) in [7, 11) is 1.28. The van der Waals surface area contributed by atoms with Gasteiger partial charge in [0.2, 0.25) is 0 Å². The molecular weight excluding hydrogens is 268 g/mol. The molecule has 0 aromatic carbocycles. The average Bonchev–Trinajstić information content (AvgIpc) is 2.42. The van der Waals surface area contributed by atoms with Crippen molar-refractivity contribution in [2.24, 2.45) is 5.41 Å². The number of esters is 1. The van der Waals surface area contributed by atoms with Crippen molar-refractivity contribution >= 4 is 11.8 Å². The number of ether oxygens (including phenoxy) is 1. The van der Waals surface area contributed by atoms with E-state index in [1.165, 1.54) is 19.3 Å². The second-order valence-electron chi connectivity index (χ2n) is 5.40. The molecule has 112 valence electrons. The van der Waals surface area contributed by atoms with E-state index in [2.05, 4.69) is 23.2 Å². The molecule has 0 radical (unpaired) electrons. The van der Waals surface area contributed by atoms with Gasteiger partial charge in [0.15, 0.2) is 11.4 Å². The van der Waals surface area contributed by atoms with Crippen LogP contribution in [0.5, 0.6) is 0 Å². The highest BCUT2D eigenvalue weighted by Gasteiger charge is 2.49. The van der Waals surface area contributed by atoms with E-state index < -0.39 is 17.0 Å². The summed E-state index contributed by atoms with van der Waals surface area (Å²) in [6.45, 7) is 8.76. The third-order valence-electron chi connectivity index (χ3n) is 3.74. The van der Waals surface area contributed by atoms with Crippen LogP contribution in [0.4, 0.5) is 0 Å². The van der Waals surface area contributed by atoms with Crippen molar-refractivity contribution in [2.75, 3.05) is 7.11 Å². The van der Waals surface area contributed by atoms with Crippen LogP contribution in [0.15, 0.2) is 36.0 Å². The quantitative estimate of drug-likeness (QED) is 0.365. The van der Waals surface area contributed by atoms with Crippen LogP contribution in [0.3, 0.4) is 0 Å². The molecule has 1 aliphatic rings. The lowest BCUT2D eigenvalue weighted by atomic mass is 9.64. The van der Waals surface area contributed by atoms with Crippen molar-refractivity contribution in [2.45, 2.75) is 32.8 Å². The SMILES string of the molecule is C=C[C@@]1(C)CC(=O)C=C(C)[C@]1(O)C#C/C(C)=C\C(=O)OC.